The van der Waals surface area contributed by atoms with Crippen molar-refractivity contribution in [1.82, 2.24) is 4.90 Å². The molecule has 0 aliphatic rings. The maximum atomic E-state index is 12.8. The van der Waals surface area contributed by atoms with Crippen LogP contribution in [0.25, 0.3) is 0 Å². The van der Waals surface area contributed by atoms with Crippen LogP contribution in [0.1, 0.15) is 42.3 Å². The Morgan fingerprint density at radius 3 is 2.10 bits per heavy atom. The molecule has 0 heterocycles. The minimum absolute atomic E-state index is 0.131. The van der Waals surface area contributed by atoms with Crippen LogP contribution in [0, 0.1) is 6.92 Å². The van der Waals surface area contributed by atoms with Crippen LogP contribution < -0.4 is 14.8 Å². The largest absolute Gasteiger partial charge is 0.493 e. The second-order valence-electron chi connectivity index (χ2n) is 8.00. The van der Waals surface area contributed by atoms with Crippen LogP contribution in [0.4, 0.5) is 10.5 Å². The van der Waals surface area contributed by atoms with Gasteiger partial charge in [0.25, 0.3) is 5.91 Å². The van der Waals surface area contributed by atoms with Crippen LogP contribution in [-0.4, -0.2) is 43.8 Å². The van der Waals surface area contributed by atoms with E-state index in [0.29, 0.717) is 29.3 Å². The maximum absolute atomic E-state index is 12.8. The van der Waals surface area contributed by atoms with Crippen molar-refractivity contribution in [3.8, 4) is 11.5 Å². The molecule has 7 heteroatoms. The number of hydrogen-bond donors (Lipinski definition) is 1. The summed E-state index contributed by atoms with van der Waals surface area (Å²) in [5.74, 6) is 1.14. The van der Waals surface area contributed by atoms with Gasteiger partial charge in [-0.1, -0.05) is 0 Å². The van der Waals surface area contributed by atoms with Crippen molar-refractivity contribution < 1.29 is 23.8 Å². The molecule has 0 bridgehead atoms. The number of amides is 2. The Kier molecular flexibility index (Phi) is 7.32. The van der Waals surface area contributed by atoms with E-state index in [1.807, 2.05) is 19.1 Å². The molecule has 0 radical (unpaired) electrons. The lowest BCUT2D eigenvalue weighted by molar-refractivity contribution is 0.0635. The smallest absolute Gasteiger partial charge is 0.412 e. The van der Waals surface area contributed by atoms with Crippen molar-refractivity contribution in [3.63, 3.8) is 0 Å². The molecular formula is C23H30N2O5. The number of methoxy groups -OCH3 is 2. The molecule has 0 aliphatic carbocycles. The monoisotopic (exact) mass is 414 g/mol. The van der Waals surface area contributed by atoms with E-state index in [1.165, 1.54) is 0 Å². The number of ether oxygens (including phenoxy) is 3. The molecule has 0 unspecified atom stereocenters. The molecule has 0 aliphatic heterocycles. The number of anilines is 1. The summed E-state index contributed by atoms with van der Waals surface area (Å²) >= 11 is 0. The summed E-state index contributed by atoms with van der Waals surface area (Å²) in [5, 5.41) is 2.65. The lowest BCUT2D eigenvalue weighted by Crippen LogP contribution is -2.27. The first kappa shape index (κ1) is 23.1. The molecule has 162 valence electrons. The fourth-order valence-electron chi connectivity index (χ4n) is 2.86. The number of aryl methyl sites for hydroxylation is 1. The Bertz CT molecular complexity index is 901. The third-order valence-corrected chi connectivity index (χ3v) is 4.37. The highest BCUT2D eigenvalue weighted by Crippen LogP contribution is 2.30. The highest BCUT2D eigenvalue weighted by molar-refractivity contribution is 5.95. The molecule has 0 aromatic heterocycles. The number of hydrogen-bond acceptors (Lipinski definition) is 5. The molecule has 1 N–H and O–H groups in total. The average molecular weight is 415 g/mol. The number of nitrogens with one attached hydrogen (secondary N) is 1. The van der Waals surface area contributed by atoms with E-state index >= 15 is 0 Å². The van der Waals surface area contributed by atoms with Gasteiger partial charge in [0.2, 0.25) is 0 Å². The van der Waals surface area contributed by atoms with Crippen LogP contribution >= 0.6 is 0 Å². The first-order valence-electron chi connectivity index (χ1n) is 9.61. The molecule has 2 aromatic carbocycles. The molecule has 30 heavy (non-hydrogen) atoms. The lowest BCUT2D eigenvalue weighted by atomic mass is 10.1. The standard InChI is InChI=1S/C23H30N2O5/c1-15-12-19(28-6)20(29-7)13-17(15)14-25(5)21(26)16-8-10-18(11-9-16)24-22(27)30-23(2,3)4/h8-13H,14H2,1-7H3,(H,24,27). The summed E-state index contributed by atoms with van der Waals surface area (Å²) in [6.45, 7) is 7.77. The van der Waals surface area contributed by atoms with E-state index in [9.17, 15) is 9.59 Å². The molecule has 2 aromatic rings. The topological polar surface area (TPSA) is 77.1 Å². The summed E-state index contributed by atoms with van der Waals surface area (Å²) in [7, 11) is 4.91. The molecule has 0 spiro atoms. The molecule has 0 saturated carbocycles. The quantitative estimate of drug-likeness (QED) is 0.746. The van der Waals surface area contributed by atoms with Gasteiger partial charge in [0.15, 0.2) is 11.5 Å². The van der Waals surface area contributed by atoms with Crippen LogP contribution in [0.15, 0.2) is 36.4 Å². The van der Waals surface area contributed by atoms with Gasteiger partial charge >= 0.3 is 6.09 Å². The van der Waals surface area contributed by atoms with Crippen molar-refractivity contribution in [3.05, 3.63) is 53.1 Å². The van der Waals surface area contributed by atoms with Crippen molar-refractivity contribution in [2.45, 2.75) is 39.8 Å². The van der Waals surface area contributed by atoms with E-state index in [-0.39, 0.29) is 5.91 Å². The fraction of sp³-hybridized carbons (Fsp3) is 0.391. The van der Waals surface area contributed by atoms with Gasteiger partial charge in [0.1, 0.15) is 5.60 Å². The third-order valence-electron chi connectivity index (χ3n) is 4.37. The summed E-state index contributed by atoms with van der Waals surface area (Å²) in [6.07, 6.45) is -0.539. The summed E-state index contributed by atoms with van der Waals surface area (Å²) in [5.41, 5.74) is 2.46. The van der Waals surface area contributed by atoms with Crippen molar-refractivity contribution >= 4 is 17.7 Å². The molecule has 0 fully saturated rings. The van der Waals surface area contributed by atoms with Crippen molar-refractivity contribution in [1.29, 1.82) is 0 Å². The SMILES string of the molecule is COc1cc(C)c(CN(C)C(=O)c2ccc(NC(=O)OC(C)(C)C)cc2)cc1OC. The Balaban J connectivity index is 2.07. The highest BCUT2D eigenvalue weighted by atomic mass is 16.6. The van der Waals surface area contributed by atoms with Crippen molar-refractivity contribution in [2.75, 3.05) is 26.6 Å². The van der Waals surface area contributed by atoms with Gasteiger partial charge in [-0.2, -0.15) is 0 Å². The minimum Gasteiger partial charge on any atom is -0.493 e. The van der Waals surface area contributed by atoms with Gasteiger partial charge in [-0.05, 0) is 75.2 Å². The van der Waals surface area contributed by atoms with E-state index in [1.54, 1.807) is 71.2 Å². The zero-order valence-electron chi connectivity index (χ0n) is 18.7. The first-order valence-corrected chi connectivity index (χ1v) is 9.61. The van der Waals surface area contributed by atoms with E-state index in [2.05, 4.69) is 5.32 Å². The summed E-state index contributed by atoms with van der Waals surface area (Å²) in [4.78, 5) is 26.3. The Morgan fingerprint density at radius 2 is 1.57 bits per heavy atom. The number of carbonyl (C=O) groups is 2. The molecule has 0 saturated heterocycles. The maximum Gasteiger partial charge on any atom is 0.412 e. The average Bonchev–Trinajstić information content (AvgIpc) is 2.67. The van der Waals surface area contributed by atoms with Gasteiger partial charge in [0, 0.05) is 24.8 Å². The molecule has 0 atom stereocenters. The highest BCUT2D eigenvalue weighted by Gasteiger charge is 2.18. The first-order chi connectivity index (χ1) is 14.0. The minimum atomic E-state index is -0.578. The number of benzene rings is 2. The number of carbonyl (C=O) groups excluding carboxylic acids is 2. The van der Waals surface area contributed by atoms with Crippen LogP contribution in [0.3, 0.4) is 0 Å². The Morgan fingerprint density at radius 1 is 1.00 bits per heavy atom. The predicted molar refractivity (Wildman–Crippen MR) is 116 cm³/mol. The predicted octanol–water partition coefficient (Wildman–Crippen LogP) is 4.63. The van der Waals surface area contributed by atoms with E-state index in [0.717, 1.165) is 11.1 Å². The summed E-state index contributed by atoms with van der Waals surface area (Å²) in [6, 6.07) is 10.5. The Hall–Kier alpha value is -3.22. The van der Waals surface area contributed by atoms with E-state index in [4.69, 9.17) is 14.2 Å². The second kappa shape index (κ2) is 9.52. The molecule has 2 amide bonds. The molecular weight excluding hydrogens is 384 g/mol. The van der Waals surface area contributed by atoms with Gasteiger partial charge in [-0.15, -0.1) is 0 Å². The van der Waals surface area contributed by atoms with Crippen LogP contribution in [0.5, 0.6) is 11.5 Å². The van der Waals surface area contributed by atoms with E-state index < -0.39 is 11.7 Å². The molecule has 7 nitrogen and oxygen atoms in total. The van der Waals surface area contributed by atoms with Gasteiger partial charge < -0.3 is 19.1 Å². The second-order valence-corrected chi connectivity index (χ2v) is 8.00. The number of rotatable bonds is 6. The Labute approximate surface area is 177 Å². The van der Waals surface area contributed by atoms with Gasteiger partial charge in [-0.25, -0.2) is 4.79 Å². The van der Waals surface area contributed by atoms with Crippen molar-refractivity contribution in [2.24, 2.45) is 0 Å². The van der Waals surface area contributed by atoms with Gasteiger partial charge in [-0.3, -0.25) is 10.1 Å². The normalized spacial score (nSPS) is 10.9. The fourth-order valence-corrected chi connectivity index (χ4v) is 2.86. The van der Waals surface area contributed by atoms with Crippen LogP contribution in [-0.2, 0) is 11.3 Å². The van der Waals surface area contributed by atoms with Gasteiger partial charge in [0.05, 0.1) is 14.2 Å². The lowest BCUT2D eigenvalue weighted by Gasteiger charge is -2.21. The zero-order chi connectivity index (χ0) is 22.5. The third kappa shape index (κ3) is 6.14. The molecule has 2 rings (SSSR count). The van der Waals surface area contributed by atoms with Crippen LogP contribution in [0.2, 0.25) is 0 Å². The summed E-state index contributed by atoms with van der Waals surface area (Å²) < 4.78 is 15.9. The zero-order valence-corrected chi connectivity index (χ0v) is 18.7. The number of nitrogens with zero attached hydrogens (tertiary/aromatic N) is 1.